The summed E-state index contributed by atoms with van der Waals surface area (Å²) in [5.74, 6) is -0.411. The number of aryl methyl sites for hydroxylation is 2. The molecule has 1 aromatic heterocycles. The second kappa shape index (κ2) is 7.81. The first-order valence-electron chi connectivity index (χ1n) is 9.10. The van der Waals surface area contributed by atoms with E-state index in [0.717, 1.165) is 31.4 Å². The molecule has 0 aliphatic heterocycles. The highest BCUT2D eigenvalue weighted by atomic mass is 32.2. The number of thiophene rings is 1. The summed E-state index contributed by atoms with van der Waals surface area (Å²) in [6.07, 6.45) is 6.86. The van der Waals surface area contributed by atoms with E-state index in [2.05, 4.69) is 24.0 Å². The fourth-order valence-corrected chi connectivity index (χ4v) is 4.95. The molecule has 7 heteroatoms. The number of benzene rings is 1. The molecule has 2 aromatic rings. The summed E-state index contributed by atoms with van der Waals surface area (Å²) in [5, 5.41) is 13.8. The maximum absolute atomic E-state index is 13.0. The predicted octanol–water partition coefficient (Wildman–Crippen LogP) is 4.56. The number of amides is 2. The van der Waals surface area contributed by atoms with Crippen molar-refractivity contribution < 1.29 is 14.3 Å². The van der Waals surface area contributed by atoms with Gasteiger partial charge in [0.05, 0.1) is 9.81 Å². The van der Waals surface area contributed by atoms with Gasteiger partial charge in [-0.2, -0.15) is 0 Å². The van der Waals surface area contributed by atoms with E-state index in [0.29, 0.717) is 9.77 Å². The monoisotopic (exact) mass is 408 g/mol. The van der Waals surface area contributed by atoms with Gasteiger partial charge in [-0.3, -0.25) is 0 Å². The summed E-state index contributed by atoms with van der Waals surface area (Å²) >= 11 is 5.07. The molecule has 1 heterocycles. The minimum absolute atomic E-state index is 0.313. The van der Waals surface area contributed by atoms with Crippen molar-refractivity contribution in [2.75, 3.05) is 5.32 Å². The van der Waals surface area contributed by atoms with Crippen LogP contribution in [0.15, 0.2) is 15.7 Å². The number of aliphatic hydroxyl groups is 1. The summed E-state index contributed by atoms with van der Waals surface area (Å²) in [5.41, 5.74) is 11.0. The van der Waals surface area contributed by atoms with Gasteiger partial charge in [-0.05, 0) is 74.6 Å². The highest BCUT2D eigenvalue weighted by Crippen LogP contribution is 2.38. The van der Waals surface area contributed by atoms with Crippen molar-refractivity contribution in [1.82, 2.24) is 0 Å². The molecule has 0 saturated carbocycles. The number of halogens is 1. The molecule has 2 aliphatic rings. The first-order chi connectivity index (χ1) is 12.7. The number of nitrogens with two attached hydrogens (primary N) is 1. The third-order valence-corrected chi connectivity index (χ3v) is 6.36. The maximum atomic E-state index is 13.0. The van der Waals surface area contributed by atoms with E-state index < -0.39 is 17.4 Å². The number of urea groups is 1. The first kappa shape index (κ1) is 20.2. The lowest BCUT2D eigenvalue weighted by Crippen LogP contribution is -2.21. The van der Waals surface area contributed by atoms with Crippen LogP contribution in [0.1, 0.15) is 54.5 Å². The van der Waals surface area contributed by atoms with Gasteiger partial charge in [0.2, 0.25) is 0 Å². The van der Waals surface area contributed by atoms with Crippen LogP contribution in [0, 0.1) is 5.82 Å². The number of carbonyl (C=O) groups is 1. The largest absolute Gasteiger partial charge is 0.386 e. The zero-order chi connectivity index (χ0) is 19.8. The number of nitrogens with one attached hydrogen (secondary N) is 1. The molecule has 1 aromatic carbocycles. The van der Waals surface area contributed by atoms with Gasteiger partial charge in [-0.25, -0.2) is 9.18 Å². The van der Waals surface area contributed by atoms with Crippen molar-refractivity contribution in [1.29, 1.82) is 0 Å². The number of carbonyl (C=O) groups excluding carboxylic acids is 1. The number of primary amides is 1. The Morgan fingerprint density at radius 1 is 1.22 bits per heavy atom. The van der Waals surface area contributed by atoms with Crippen LogP contribution >= 0.6 is 24.0 Å². The topological polar surface area (TPSA) is 75.3 Å². The van der Waals surface area contributed by atoms with Crippen molar-refractivity contribution in [2.24, 2.45) is 5.73 Å². The van der Waals surface area contributed by atoms with Crippen LogP contribution < -0.4 is 11.1 Å². The molecule has 4 rings (SSSR count). The minimum Gasteiger partial charge on any atom is -0.386 e. The van der Waals surface area contributed by atoms with Crippen LogP contribution in [0.4, 0.5) is 14.9 Å². The maximum Gasteiger partial charge on any atom is 0.316 e. The Kier molecular flexibility index (Phi) is 5.84. The molecule has 27 heavy (non-hydrogen) atoms. The molecule has 0 saturated heterocycles. The van der Waals surface area contributed by atoms with E-state index in [1.807, 2.05) is 0 Å². The third-order valence-electron chi connectivity index (χ3n) is 5.09. The van der Waals surface area contributed by atoms with E-state index >= 15 is 0 Å². The molecule has 0 unspecified atom stereocenters. The fraction of sp³-hybridized carbons (Fsp3) is 0.450. The Bertz CT molecular complexity index is 840. The van der Waals surface area contributed by atoms with Gasteiger partial charge < -0.3 is 16.2 Å². The van der Waals surface area contributed by atoms with Crippen molar-refractivity contribution in [3.63, 3.8) is 0 Å². The SMILES string of the molecule is CC(C)(O)c1csc(S)c1F.NC(=O)Nc1c2c(cc3c1CCC3)CCC2. The van der Waals surface area contributed by atoms with Crippen LogP contribution in [0.2, 0.25) is 0 Å². The lowest BCUT2D eigenvalue weighted by molar-refractivity contribution is 0.0748. The van der Waals surface area contributed by atoms with Crippen LogP contribution in [-0.4, -0.2) is 11.1 Å². The number of thiol groups is 1. The predicted molar refractivity (Wildman–Crippen MR) is 110 cm³/mol. The normalized spacial score (nSPS) is 15.0. The Balaban J connectivity index is 0.000000168. The van der Waals surface area contributed by atoms with E-state index in [9.17, 15) is 14.3 Å². The van der Waals surface area contributed by atoms with Gasteiger partial charge in [0, 0.05) is 16.6 Å². The molecule has 146 valence electrons. The summed E-state index contributed by atoms with van der Waals surface area (Å²) < 4.78 is 13.4. The molecule has 0 radical (unpaired) electrons. The van der Waals surface area contributed by atoms with Gasteiger partial charge in [-0.1, -0.05) is 6.07 Å². The Labute approximate surface area is 168 Å². The molecule has 2 amide bonds. The minimum atomic E-state index is -1.11. The van der Waals surface area contributed by atoms with Crippen LogP contribution in [-0.2, 0) is 31.3 Å². The molecule has 4 N–H and O–H groups in total. The molecule has 4 nitrogen and oxygen atoms in total. The molecule has 0 atom stereocenters. The summed E-state index contributed by atoms with van der Waals surface area (Å²) in [7, 11) is 0. The molecule has 0 bridgehead atoms. The van der Waals surface area contributed by atoms with Crippen LogP contribution in [0.3, 0.4) is 0 Å². The smallest absolute Gasteiger partial charge is 0.316 e. The summed E-state index contributed by atoms with van der Waals surface area (Å²) in [6, 6.07) is 1.91. The second-order valence-electron chi connectivity index (χ2n) is 7.55. The average Bonchev–Trinajstić information content (AvgIpc) is 3.28. The van der Waals surface area contributed by atoms with Crippen molar-refractivity contribution in [3.05, 3.63) is 45.1 Å². The van der Waals surface area contributed by atoms with Crippen molar-refractivity contribution in [3.8, 4) is 0 Å². The molecular formula is C20H25FN2O2S2. The zero-order valence-corrected chi connectivity index (χ0v) is 17.3. The van der Waals surface area contributed by atoms with Crippen molar-refractivity contribution in [2.45, 2.75) is 62.2 Å². The van der Waals surface area contributed by atoms with Crippen LogP contribution in [0.25, 0.3) is 0 Å². The standard InChI is InChI=1S/C13H16N2O.C7H9FOS2/c14-13(16)15-12-10-5-1-3-8(10)7-9-4-2-6-11(9)12;1-7(2,9)4-3-11-6(10)5(4)8/h7H,1-6H2,(H3,14,15,16);3,9-10H,1-2H3. The van der Waals surface area contributed by atoms with Crippen molar-refractivity contribution >= 4 is 35.7 Å². The number of hydrogen-bond donors (Lipinski definition) is 4. The van der Waals surface area contributed by atoms with Gasteiger partial charge in [0.15, 0.2) is 5.82 Å². The lowest BCUT2D eigenvalue weighted by atomic mass is 9.99. The van der Waals surface area contributed by atoms with E-state index in [1.54, 1.807) is 19.2 Å². The number of hydrogen-bond acceptors (Lipinski definition) is 4. The number of rotatable bonds is 2. The second-order valence-corrected chi connectivity index (χ2v) is 9.18. The Morgan fingerprint density at radius 2 is 1.78 bits per heavy atom. The quantitative estimate of drug-likeness (QED) is 0.550. The summed E-state index contributed by atoms with van der Waals surface area (Å²) in [6.45, 7) is 3.09. The fourth-order valence-electron chi connectivity index (χ4n) is 3.84. The van der Waals surface area contributed by atoms with E-state index in [1.165, 1.54) is 46.4 Å². The summed E-state index contributed by atoms with van der Waals surface area (Å²) in [4.78, 5) is 11.1. The zero-order valence-electron chi connectivity index (χ0n) is 15.6. The highest BCUT2D eigenvalue weighted by Gasteiger charge is 2.24. The van der Waals surface area contributed by atoms with Gasteiger partial charge >= 0.3 is 6.03 Å². The average molecular weight is 409 g/mol. The molecule has 2 aliphatic carbocycles. The van der Waals surface area contributed by atoms with Gasteiger partial charge in [-0.15, -0.1) is 24.0 Å². The molecule has 0 fully saturated rings. The highest BCUT2D eigenvalue weighted by molar-refractivity contribution is 7.82. The van der Waals surface area contributed by atoms with E-state index in [-0.39, 0.29) is 0 Å². The van der Waals surface area contributed by atoms with Crippen LogP contribution in [0.5, 0.6) is 0 Å². The third kappa shape index (κ3) is 4.31. The Hall–Kier alpha value is -1.57. The lowest BCUT2D eigenvalue weighted by Gasteiger charge is -2.15. The molecule has 0 spiro atoms. The first-order valence-corrected chi connectivity index (χ1v) is 10.4. The van der Waals surface area contributed by atoms with Gasteiger partial charge in [0.25, 0.3) is 0 Å². The van der Waals surface area contributed by atoms with E-state index in [4.69, 9.17) is 5.73 Å². The molecular weight excluding hydrogens is 383 g/mol. The number of fused-ring (bicyclic) bond motifs is 2. The number of anilines is 1. The Morgan fingerprint density at radius 3 is 2.15 bits per heavy atom. The van der Waals surface area contributed by atoms with Gasteiger partial charge in [0.1, 0.15) is 0 Å².